The van der Waals surface area contributed by atoms with E-state index < -0.39 is 99.3 Å². The second-order valence-electron chi connectivity index (χ2n) is 18.3. The minimum absolute atomic E-state index is 0.145. The second-order valence-corrected chi connectivity index (χ2v) is 18.3. The van der Waals surface area contributed by atoms with Gasteiger partial charge >= 0.3 is 11.9 Å². The van der Waals surface area contributed by atoms with Gasteiger partial charge in [-0.1, -0.05) is 139 Å². The van der Waals surface area contributed by atoms with Crippen molar-refractivity contribution in [1.82, 2.24) is 0 Å². The van der Waals surface area contributed by atoms with Crippen molar-refractivity contribution in [1.29, 1.82) is 0 Å². The van der Waals surface area contributed by atoms with E-state index in [0.29, 0.717) is 12.8 Å². The van der Waals surface area contributed by atoms with Crippen LogP contribution in [0.1, 0.15) is 174 Å². The molecule has 2 fully saturated rings. The van der Waals surface area contributed by atoms with Gasteiger partial charge in [-0.15, -0.1) is 0 Å². The summed E-state index contributed by atoms with van der Waals surface area (Å²) in [5.41, 5.74) is 0. The van der Waals surface area contributed by atoms with E-state index in [-0.39, 0.29) is 19.4 Å². The van der Waals surface area contributed by atoms with Crippen molar-refractivity contribution in [3.05, 3.63) is 60.8 Å². The molecule has 2 rings (SSSR count). The number of aliphatic hydroxyl groups excluding tert-OH is 7. The molecule has 69 heavy (non-hydrogen) atoms. The SMILES string of the molecule is CCCCC/C=C/C/C=C/C/C=C/C/C=C/CCCCCC(=O)OC[C@@H](CO[C@@H]1O[C@H](CO[C@@H]2O[C@H](CO)[C@H](O)C(O)C2O)[C@H](O)C(O)C1O)OC(=O)CCCCCCC/C=C/CCCCCCC. The topological polar surface area (TPSA) is 231 Å². The summed E-state index contributed by atoms with van der Waals surface area (Å²) in [6.45, 7) is 2.50. The van der Waals surface area contributed by atoms with E-state index in [2.05, 4.69) is 74.6 Å². The summed E-state index contributed by atoms with van der Waals surface area (Å²) in [6, 6.07) is 0. The molecule has 0 spiro atoms. The standard InChI is InChI=1S/C54H92O15/c1-3-5-7-9-11-13-15-17-19-20-21-22-23-25-26-28-30-32-34-36-45(56)64-39-42(67-46(57)37-35-33-31-29-27-24-18-16-14-12-10-8-6-4-2)40-65-53-52(63)50(61)48(59)44(69-53)41-66-54-51(62)49(60)47(58)43(38-55)68-54/h11,13,16-19,21-22,25-26,42-44,47-55,58-63H,3-10,12,14-15,20,23-24,27-41H2,1-2H3/b13-11+,18-16+,19-17+,22-21+,26-25+/t42-,43+,44+,47-,48-,49?,50?,51?,52?,53+,54+/m0/s1. The molecule has 2 heterocycles. The number of aliphatic hydroxyl groups is 7. The maximum absolute atomic E-state index is 13.0. The molecule has 15 nitrogen and oxygen atoms in total. The lowest BCUT2D eigenvalue weighted by atomic mass is 9.98. The highest BCUT2D eigenvalue weighted by atomic mass is 16.7. The Morgan fingerprint density at radius 3 is 1.42 bits per heavy atom. The lowest BCUT2D eigenvalue weighted by molar-refractivity contribution is -0.332. The molecule has 0 saturated carbocycles. The fraction of sp³-hybridized carbons (Fsp3) is 0.778. The van der Waals surface area contributed by atoms with Crippen molar-refractivity contribution in [3.63, 3.8) is 0 Å². The summed E-state index contributed by atoms with van der Waals surface area (Å²) in [5.74, 6) is -0.974. The van der Waals surface area contributed by atoms with Crippen molar-refractivity contribution < 1.29 is 73.8 Å². The zero-order valence-electron chi connectivity index (χ0n) is 42.0. The Hall–Kier alpha value is -2.80. The van der Waals surface area contributed by atoms with E-state index in [9.17, 15) is 45.3 Å². The van der Waals surface area contributed by atoms with E-state index in [1.807, 2.05) is 0 Å². The summed E-state index contributed by atoms with van der Waals surface area (Å²) in [6.07, 6.45) is 29.6. The van der Waals surface area contributed by atoms with E-state index >= 15 is 0 Å². The van der Waals surface area contributed by atoms with Crippen molar-refractivity contribution in [3.8, 4) is 0 Å². The van der Waals surface area contributed by atoms with Crippen LogP contribution in [0.25, 0.3) is 0 Å². The van der Waals surface area contributed by atoms with Gasteiger partial charge in [-0.05, 0) is 83.5 Å². The van der Waals surface area contributed by atoms with Crippen LogP contribution in [0.5, 0.6) is 0 Å². The molecule has 2 aliphatic heterocycles. The van der Waals surface area contributed by atoms with Crippen molar-refractivity contribution in [2.45, 2.75) is 242 Å². The number of esters is 2. The fourth-order valence-corrected chi connectivity index (χ4v) is 7.84. The molecule has 0 aliphatic carbocycles. The highest BCUT2D eigenvalue weighted by Crippen LogP contribution is 2.26. The van der Waals surface area contributed by atoms with Crippen molar-refractivity contribution in [2.24, 2.45) is 0 Å². The Kier molecular flexibility index (Phi) is 36.8. The van der Waals surface area contributed by atoms with Crippen LogP contribution >= 0.6 is 0 Å². The third kappa shape index (κ3) is 28.7. The molecule has 398 valence electrons. The molecule has 0 amide bonds. The van der Waals surface area contributed by atoms with Gasteiger partial charge in [0.1, 0.15) is 55.4 Å². The predicted molar refractivity (Wildman–Crippen MR) is 266 cm³/mol. The van der Waals surface area contributed by atoms with Gasteiger partial charge in [0.05, 0.1) is 19.8 Å². The van der Waals surface area contributed by atoms with E-state index in [1.54, 1.807) is 0 Å². The number of carbonyl (C=O) groups excluding carboxylic acids is 2. The molecule has 0 bridgehead atoms. The summed E-state index contributed by atoms with van der Waals surface area (Å²) in [7, 11) is 0. The second kappa shape index (κ2) is 40.8. The normalized spacial score (nSPS) is 26.0. The number of ether oxygens (including phenoxy) is 6. The van der Waals surface area contributed by atoms with Gasteiger partial charge in [0.25, 0.3) is 0 Å². The van der Waals surface area contributed by atoms with Crippen LogP contribution in [0.3, 0.4) is 0 Å². The van der Waals surface area contributed by atoms with Gasteiger partial charge in [-0.25, -0.2) is 0 Å². The molecular formula is C54H92O15. The molecule has 2 saturated heterocycles. The average molecular weight is 981 g/mol. The molecule has 7 N–H and O–H groups in total. The lowest BCUT2D eigenvalue weighted by Crippen LogP contribution is -2.61. The number of carbonyl (C=O) groups is 2. The van der Waals surface area contributed by atoms with Crippen molar-refractivity contribution >= 4 is 11.9 Å². The Morgan fingerprint density at radius 1 is 0.464 bits per heavy atom. The maximum atomic E-state index is 13.0. The van der Waals surface area contributed by atoms with Gasteiger partial charge < -0.3 is 64.2 Å². The van der Waals surface area contributed by atoms with Gasteiger partial charge in [0, 0.05) is 12.8 Å². The number of unbranched alkanes of at least 4 members (excludes halogenated alkanes) is 16. The van der Waals surface area contributed by atoms with Gasteiger partial charge in [-0.2, -0.15) is 0 Å². The maximum Gasteiger partial charge on any atom is 0.306 e. The van der Waals surface area contributed by atoms with Crippen LogP contribution in [-0.4, -0.2) is 142 Å². The molecule has 11 atom stereocenters. The van der Waals surface area contributed by atoms with Crippen LogP contribution in [0, 0.1) is 0 Å². The van der Waals surface area contributed by atoms with Gasteiger partial charge in [-0.3, -0.25) is 9.59 Å². The smallest absolute Gasteiger partial charge is 0.306 e. The average Bonchev–Trinajstić information content (AvgIpc) is 3.34. The van der Waals surface area contributed by atoms with Crippen LogP contribution in [0.15, 0.2) is 60.8 Å². The molecule has 0 aromatic heterocycles. The Bertz CT molecular complexity index is 1430. The van der Waals surface area contributed by atoms with Crippen molar-refractivity contribution in [2.75, 3.05) is 26.4 Å². The fourth-order valence-electron chi connectivity index (χ4n) is 7.84. The molecule has 0 aromatic carbocycles. The predicted octanol–water partition coefficient (Wildman–Crippen LogP) is 7.66. The van der Waals surface area contributed by atoms with E-state index in [0.717, 1.165) is 83.5 Å². The minimum atomic E-state index is -1.77. The molecular weight excluding hydrogens is 889 g/mol. The van der Waals surface area contributed by atoms with E-state index in [4.69, 9.17) is 28.4 Å². The van der Waals surface area contributed by atoms with Gasteiger partial charge in [0.15, 0.2) is 18.7 Å². The van der Waals surface area contributed by atoms with Crippen LogP contribution in [0.4, 0.5) is 0 Å². The number of hydrogen-bond acceptors (Lipinski definition) is 15. The highest BCUT2D eigenvalue weighted by Gasteiger charge is 2.47. The first-order valence-corrected chi connectivity index (χ1v) is 26.4. The molecule has 15 heteroatoms. The minimum Gasteiger partial charge on any atom is -0.462 e. The molecule has 0 aromatic rings. The molecule has 4 unspecified atom stereocenters. The third-order valence-corrected chi connectivity index (χ3v) is 12.2. The Balaban J connectivity index is 1.82. The summed E-state index contributed by atoms with van der Waals surface area (Å²) in [5, 5.41) is 72.1. The van der Waals surface area contributed by atoms with Gasteiger partial charge in [0.2, 0.25) is 0 Å². The zero-order valence-corrected chi connectivity index (χ0v) is 42.0. The van der Waals surface area contributed by atoms with E-state index in [1.165, 1.54) is 51.4 Å². The summed E-state index contributed by atoms with van der Waals surface area (Å²) < 4.78 is 33.5. The monoisotopic (exact) mass is 981 g/mol. The Morgan fingerprint density at radius 2 is 0.870 bits per heavy atom. The first kappa shape index (κ1) is 62.3. The zero-order chi connectivity index (χ0) is 50.3. The third-order valence-electron chi connectivity index (χ3n) is 12.2. The highest BCUT2D eigenvalue weighted by molar-refractivity contribution is 5.70. The summed E-state index contributed by atoms with van der Waals surface area (Å²) in [4.78, 5) is 25.8. The summed E-state index contributed by atoms with van der Waals surface area (Å²) >= 11 is 0. The first-order chi connectivity index (χ1) is 33.5. The molecule has 0 radical (unpaired) electrons. The van der Waals surface area contributed by atoms with Crippen LogP contribution in [-0.2, 0) is 38.0 Å². The number of allylic oxidation sites excluding steroid dienone is 10. The largest absolute Gasteiger partial charge is 0.462 e. The quantitative estimate of drug-likeness (QED) is 0.0178. The molecule has 2 aliphatic rings. The lowest BCUT2D eigenvalue weighted by Gasteiger charge is -2.42. The van der Waals surface area contributed by atoms with Crippen LogP contribution < -0.4 is 0 Å². The number of hydrogen-bond donors (Lipinski definition) is 7. The number of rotatable bonds is 40. The Labute approximate surface area is 413 Å². The first-order valence-electron chi connectivity index (χ1n) is 26.4. The van der Waals surface area contributed by atoms with Crippen LogP contribution in [0.2, 0.25) is 0 Å².